The van der Waals surface area contributed by atoms with E-state index in [1.807, 2.05) is 6.92 Å². The van der Waals surface area contributed by atoms with Crippen LogP contribution in [-0.4, -0.2) is 54.5 Å². The van der Waals surface area contributed by atoms with Crippen LogP contribution >= 0.6 is 0 Å². The van der Waals surface area contributed by atoms with Gasteiger partial charge in [0.2, 0.25) is 0 Å². The standard InChI is InChI=1S/C17H25N3O5/c1-3-19(12-5-6-16(21)25-4-2)13-11-18-17(22)14-7-9-15(10-8-14)20(23)24/h7-10H,3-6,11-13H2,1-2H3,(H,18,22). The van der Waals surface area contributed by atoms with Crippen LogP contribution in [0.15, 0.2) is 24.3 Å². The van der Waals surface area contributed by atoms with Crippen LogP contribution in [0.4, 0.5) is 5.69 Å². The zero-order valence-electron chi connectivity index (χ0n) is 14.7. The van der Waals surface area contributed by atoms with Crippen molar-refractivity contribution in [3.05, 3.63) is 39.9 Å². The second-order valence-electron chi connectivity index (χ2n) is 5.40. The van der Waals surface area contributed by atoms with Crippen LogP contribution in [-0.2, 0) is 9.53 Å². The highest BCUT2D eigenvalue weighted by Crippen LogP contribution is 2.11. The molecule has 0 atom stereocenters. The number of amides is 1. The van der Waals surface area contributed by atoms with E-state index in [0.29, 0.717) is 38.1 Å². The maximum Gasteiger partial charge on any atom is 0.305 e. The summed E-state index contributed by atoms with van der Waals surface area (Å²) >= 11 is 0. The fourth-order valence-corrected chi connectivity index (χ4v) is 2.27. The molecule has 1 amide bonds. The number of esters is 1. The van der Waals surface area contributed by atoms with E-state index in [4.69, 9.17) is 4.74 Å². The van der Waals surface area contributed by atoms with Crippen molar-refractivity contribution in [2.24, 2.45) is 0 Å². The molecule has 0 aliphatic rings. The van der Waals surface area contributed by atoms with Crippen molar-refractivity contribution in [1.82, 2.24) is 10.2 Å². The van der Waals surface area contributed by atoms with E-state index >= 15 is 0 Å². The van der Waals surface area contributed by atoms with E-state index < -0.39 is 4.92 Å². The quantitative estimate of drug-likeness (QED) is 0.372. The van der Waals surface area contributed by atoms with Crippen molar-refractivity contribution >= 4 is 17.6 Å². The van der Waals surface area contributed by atoms with Gasteiger partial charge in [-0.05, 0) is 38.6 Å². The summed E-state index contributed by atoms with van der Waals surface area (Å²) in [5.74, 6) is -0.456. The van der Waals surface area contributed by atoms with Crippen molar-refractivity contribution in [3.63, 3.8) is 0 Å². The number of nitro benzene ring substituents is 1. The third-order valence-corrected chi connectivity index (χ3v) is 3.66. The summed E-state index contributed by atoms with van der Waals surface area (Å²) in [6.07, 6.45) is 1.10. The third-order valence-electron chi connectivity index (χ3n) is 3.66. The minimum absolute atomic E-state index is 0.0460. The van der Waals surface area contributed by atoms with Crippen LogP contribution in [0.2, 0.25) is 0 Å². The van der Waals surface area contributed by atoms with Crippen LogP contribution in [0.25, 0.3) is 0 Å². The molecular weight excluding hydrogens is 326 g/mol. The molecule has 0 aliphatic heterocycles. The number of nitrogens with zero attached hydrogens (tertiary/aromatic N) is 2. The molecule has 0 saturated heterocycles. The van der Waals surface area contributed by atoms with E-state index in [0.717, 1.165) is 13.1 Å². The molecule has 1 aromatic carbocycles. The molecule has 0 radical (unpaired) electrons. The molecule has 1 aromatic rings. The molecule has 0 spiro atoms. The predicted molar refractivity (Wildman–Crippen MR) is 93.4 cm³/mol. The fourth-order valence-electron chi connectivity index (χ4n) is 2.27. The Kier molecular flexibility index (Phi) is 9.16. The summed E-state index contributed by atoms with van der Waals surface area (Å²) < 4.78 is 4.89. The highest BCUT2D eigenvalue weighted by molar-refractivity contribution is 5.94. The Hall–Kier alpha value is -2.48. The number of nitrogens with one attached hydrogen (secondary N) is 1. The lowest BCUT2D eigenvalue weighted by Crippen LogP contribution is -2.35. The molecule has 25 heavy (non-hydrogen) atoms. The van der Waals surface area contributed by atoms with Crippen LogP contribution < -0.4 is 5.32 Å². The molecule has 8 nitrogen and oxygen atoms in total. The first-order chi connectivity index (χ1) is 12.0. The van der Waals surface area contributed by atoms with Gasteiger partial charge >= 0.3 is 5.97 Å². The number of nitro groups is 1. The first-order valence-electron chi connectivity index (χ1n) is 8.38. The molecular formula is C17H25N3O5. The van der Waals surface area contributed by atoms with E-state index in [-0.39, 0.29) is 17.6 Å². The van der Waals surface area contributed by atoms with Gasteiger partial charge in [-0.1, -0.05) is 6.92 Å². The topological polar surface area (TPSA) is 102 Å². The third kappa shape index (κ3) is 7.75. The Morgan fingerprint density at radius 3 is 2.44 bits per heavy atom. The number of likely N-dealkylation sites (N-methyl/N-ethyl adjacent to an activating group) is 1. The van der Waals surface area contributed by atoms with Crippen LogP contribution in [0.3, 0.4) is 0 Å². The van der Waals surface area contributed by atoms with Gasteiger partial charge in [0.15, 0.2) is 0 Å². The molecule has 0 aromatic heterocycles. The smallest absolute Gasteiger partial charge is 0.305 e. The summed E-state index contributed by atoms with van der Waals surface area (Å²) in [7, 11) is 0. The molecule has 138 valence electrons. The summed E-state index contributed by atoms with van der Waals surface area (Å²) in [6, 6.07) is 5.49. The molecule has 8 heteroatoms. The van der Waals surface area contributed by atoms with Gasteiger partial charge in [0.05, 0.1) is 11.5 Å². The number of benzene rings is 1. The average Bonchev–Trinajstić information content (AvgIpc) is 2.60. The molecule has 0 heterocycles. The molecule has 0 aliphatic carbocycles. The van der Waals surface area contributed by atoms with Gasteiger partial charge in [0.1, 0.15) is 0 Å². The molecule has 1 N–H and O–H groups in total. The SMILES string of the molecule is CCOC(=O)CCCN(CC)CCNC(=O)c1ccc([N+](=O)[O-])cc1. The van der Waals surface area contributed by atoms with Gasteiger partial charge in [-0.15, -0.1) is 0 Å². The number of ether oxygens (including phenoxy) is 1. The van der Waals surface area contributed by atoms with E-state index in [1.165, 1.54) is 24.3 Å². The van der Waals surface area contributed by atoms with Crippen molar-refractivity contribution < 1.29 is 19.2 Å². The molecule has 0 saturated carbocycles. The first kappa shape index (κ1) is 20.6. The van der Waals surface area contributed by atoms with Gasteiger partial charge in [-0.2, -0.15) is 0 Å². The van der Waals surface area contributed by atoms with Crippen molar-refractivity contribution in [2.45, 2.75) is 26.7 Å². The predicted octanol–water partition coefficient (Wildman–Crippen LogP) is 1.99. The lowest BCUT2D eigenvalue weighted by molar-refractivity contribution is -0.384. The van der Waals surface area contributed by atoms with E-state index in [2.05, 4.69) is 10.2 Å². The number of hydrogen-bond donors (Lipinski definition) is 1. The molecule has 0 unspecified atom stereocenters. The Balaban J connectivity index is 2.32. The number of carbonyl (C=O) groups is 2. The minimum Gasteiger partial charge on any atom is -0.466 e. The number of hydrogen-bond acceptors (Lipinski definition) is 6. The Morgan fingerprint density at radius 2 is 1.88 bits per heavy atom. The van der Waals surface area contributed by atoms with Gasteiger partial charge < -0.3 is 15.0 Å². The maximum atomic E-state index is 12.0. The average molecular weight is 351 g/mol. The maximum absolute atomic E-state index is 12.0. The summed E-state index contributed by atoms with van der Waals surface area (Å²) in [5, 5.41) is 13.4. The monoisotopic (exact) mass is 351 g/mol. The Labute approximate surface area is 147 Å². The Morgan fingerprint density at radius 1 is 1.20 bits per heavy atom. The normalized spacial score (nSPS) is 10.5. The number of carbonyl (C=O) groups excluding carboxylic acids is 2. The van der Waals surface area contributed by atoms with Gasteiger partial charge in [0, 0.05) is 37.2 Å². The minimum atomic E-state index is -0.503. The van der Waals surface area contributed by atoms with E-state index in [1.54, 1.807) is 6.92 Å². The molecule has 0 fully saturated rings. The van der Waals surface area contributed by atoms with Crippen LogP contribution in [0.1, 0.15) is 37.0 Å². The lowest BCUT2D eigenvalue weighted by Gasteiger charge is -2.20. The lowest BCUT2D eigenvalue weighted by atomic mass is 10.2. The van der Waals surface area contributed by atoms with Crippen molar-refractivity contribution in [2.75, 3.05) is 32.8 Å². The zero-order chi connectivity index (χ0) is 18.7. The van der Waals surface area contributed by atoms with Gasteiger partial charge in [0.25, 0.3) is 11.6 Å². The second-order valence-corrected chi connectivity index (χ2v) is 5.40. The summed E-state index contributed by atoms with van der Waals surface area (Å²) in [6.45, 7) is 6.89. The van der Waals surface area contributed by atoms with Gasteiger partial charge in [-0.25, -0.2) is 0 Å². The fraction of sp³-hybridized carbons (Fsp3) is 0.529. The Bertz CT molecular complexity index is 574. The first-order valence-corrected chi connectivity index (χ1v) is 8.38. The molecule has 0 bridgehead atoms. The van der Waals surface area contributed by atoms with Crippen molar-refractivity contribution in [1.29, 1.82) is 0 Å². The largest absolute Gasteiger partial charge is 0.466 e. The van der Waals surface area contributed by atoms with Crippen LogP contribution in [0.5, 0.6) is 0 Å². The number of rotatable bonds is 11. The summed E-state index contributed by atoms with van der Waals surface area (Å²) in [4.78, 5) is 35.5. The van der Waals surface area contributed by atoms with E-state index in [9.17, 15) is 19.7 Å². The number of non-ortho nitro benzene ring substituents is 1. The van der Waals surface area contributed by atoms with Crippen LogP contribution in [0, 0.1) is 10.1 Å². The zero-order valence-corrected chi connectivity index (χ0v) is 14.7. The molecule has 1 rings (SSSR count). The highest BCUT2D eigenvalue weighted by atomic mass is 16.6. The van der Waals surface area contributed by atoms with Gasteiger partial charge in [-0.3, -0.25) is 19.7 Å². The second kappa shape index (κ2) is 11.1. The highest BCUT2D eigenvalue weighted by Gasteiger charge is 2.10. The van der Waals surface area contributed by atoms with Crippen molar-refractivity contribution in [3.8, 4) is 0 Å². The summed E-state index contributed by atoms with van der Waals surface area (Å²) in [5.41, 5.74) is 0.339.